The van der Waals surface area contributed by atoms with Gasteiger partial charge in [0.15, 0.2) is 0 Å². The van der Waals surface area contributed by atoms with Crippen molar-refractivity contribution in [3.63, 3.8) is 0 Å². The van der Waals surface area contributed by atoms with Gasteiger partial charge in [0.25, 0.3) is 5.91 Å². The molecule has 4 nitrogen and oxygen atoms in total. The Morgan fingerprint density at radius 1 is 1.08 bits per heavy atom. The quantitative estimate of drug-likeness (QED) is 0.756. The van der Waals surface area contributed by atoms with Crippen LogP contribution in [-0.2, 0) is 12.0 Å². The summed E-state index contributed by atoms with van der Waals surface area (Å²) in [6.45, 7) is 6.81. The second kappa shape index (κ2) is 7.15. The molecule has 0 atom stereocenters. The summed E-state index contributed by atoms with van der Waals surface area (Å²) < 4.78 is 0. The molecule has 1 amide bonds. The number of nitrogens with zero attached hydrogens (tertiary/aromatic N) is 2. The molecule has 128 valence electrons. The van der Waals surface area contributed by atoms with Gasteiger partial charge in [-0.05, 0) is 34.6 Å². The molecule has 0 fully saturated rings. The standard InChI is InChI=1S/C20H21N3OS/c1-20(2,3)16-6-4-14(5-7-16)19(24)23-12-17-18(22-10-9-21-17)15-8-11-25-13-15/h4-11,13H,12H2,1-3H3,(H,23,24). The summed E-state index contributed by atoms with van der Waals surface area (Å²) in [4.78, 5) is 21.2. The highest BCUT2D eigenvalue weighted by molar-refractivity contribution is 7.08. The van der Waals surface area contributed by atoms with Crippen LogP contribution in [-0.4, -0.2) is 15.9 Å². The first-order valence-electron chi connectivity index (χ1n) is 8.16. The summed E-state index contributed by atoms with van der Waals surface area (Å²) in [6.07, 6.45) is 3.32. The van der Waals surface area contributed by atoms with Crippen molar-refractivity contribution in [3.05, 3.63) is 70.3 Å². The maximum Gasteiger partial charge on any atom is 0.251 e. The Morgan fingerprint density at radius 3 is 2.44 bits per heavy atom. The average Bonchev–Trinajstić information content (AvgIpc) is 3.14. The van der Waals surface area contributed by atoms with E-state index < -0.39 is 0 Å². The molecule has 0 saturated carbocycles. The molecule has 0 aliphatic heterocycles. The zero-order valence-corrected chi connectivity index (χ0v) is 15.4. The number of rotatable bonds is 4. The molecule has 1 N–H and O–H groups in total. The molecular weight excluding hydrogens is 330 g/mol. The molecule has 2 heterocycles. The monoisotopic (exact) mass is 351 g/mol. The summed E-state index contributed by atoms with van der Waals surface area (Å²) in [5, 5.41) is 6.97. The fraction of sp³-hybridized carbons (Fsp3) is 0.250. The maximum atomic E-state index is 12.4. The first-order chi connectivity index (χ1) is 11.9. The van der Waals surface area contributed by atoms with Crippen LogP contribution in [0, 0.1) is 0 Å². The topological polar surface area (TPSA) is 54.9 Å². The van der Waals surface area contributed by atoms with E-state index in [0.29, 0.717) is 12.1 Å². The zero-order valence-electron chi connectivity index (χ0n) is 14.6. The van der Waals surface area contributed by atoms with Gasteiger partial charge in [-0.3, -0.25) is 14.8 Å². The summed E-state index contributed by atoms with van der Waals surface area (Å²) >= 11 is 1.61. The Morgan fingerprint density at radius 2 is 1.80 bits per heavy atom. The Kier molecular flexibility index (Phi) is 4.95. The van der Waals surface area contributed by atoms with E-state index >= 15 is 0 Å². The first-order valence-corrected chi connectivity index (χ1v) is 9.10. The third-order valence-electron chi connectivity index (χ3n) is 4.00. The largest absolute Gasteiger partial charge is 0.346 e. The van der Waals surface area contributed by atoms with E-state index in [1.807, 2.05) is 41.1 Å². The van der Waals surface area contributed by atoms with Gasteiger partial charge < -0.3 is 5.32 Å². The van der Waals surface area contributed by atoms with Crippen molar-refractivity contribution < 1.29 is 4.79 Å². The van der Waals surface area contributed by atoms with Crippen molar-refractivity contribution in [1.82, 2.24) is 15.3 Å². The van der Waals surface area contributed by atoms with Gasteiger partial charge in [-0.15, -0.1) is 0 Å². The van der Waals surface area contributed by atoms with Crippen LogP contribution in [0.15, 0.2) is 53.5 Å². The van der Waals surface area contributed by atoms with E-state index in [1.54, 1.807) is 23.7 Å². The number of thiophene rings is 1. The van der Waals surface area contributed by atoms with Crippen molar-refractivity contribution in [2.45, 2.75) is 32.7 Å². The molecule has 1 aromatic carbocycles. The van der Waals surface area contributed by atoms with Crippen LogP contribution < -0.4 is 5.32 Å². The minimum Gasteiger partial charge on any atom is -0.346 e. The molecule has 0 aliphatic carbocycles. The van der Waals surface area contributed by atoms with Gasteiger partial charge in [0.05, 0.1) is 17.9 Å². The van der Waals surface area contributed by atoms with Crippen molar-refractivity contribution in [3.8, 4) is 11.3 Å². The van der Waals surface area contributed by atoms with E-state index in [2.05, 4.69) is 36.1 Å². The van der Waals surface area contributed by atoms with E-state index in [9.17, 15) is 4.79 Å². The number of hydrogen-bond donors (Lipinski definition) is 1. The van der Waals surface area contributed by atoms with Crippen molar-refractivity contribution in [2.24, 2.45) is 0 Å². The lowest BCUT2D eigenvalue weighted by molar-refractivity contribution is 0.0950. The zero-order chi connectivity index (χ0) is 17.9. The predicted molar refractivity (Wildman–Crippen MR) is 102 cm³/mol. The highest BCUT2D eigenvalue weighted by atomic mass is 32.1. The third kappa shape index (κ3) is 4.12. The van der Waals surface area contributed by atoms with Crippen LogP contribution in [0.4, 0.5) is 0 Å². The summed E-state index contributed by atoms with van der Waals surface area (Å²) in [5.74, 6) is -0.109. The highest BCUT2D eigenvalue weighted by Crippen LogP contribution is 2.23. The second-order valence-electron chi connectivity index (χ2n) is 6.87. The molecule has 5 heteroatoms. The summed E-state index contributed by atoms with van der Waals surface area (Å²) in [7, 11) is 0. The normalized spacial score (nSPS) is 11.3. The van der Waals surface area contributed by atoms with Gasteiger partial charge in [0.1, 0.15) is 0 Å². The molecule has 0 unspecified atom stereocenters. The number of aromatic nitrogens is 2. The van der Waals surface area contributed by atoms with Crippen LogP contribution >= 0.6 is 11.3 Å². The second-order valence-corrected chi connectivity index (χ2v) is 7.65. The minimum absolute atomic E-state index is 0.0735. The number of carbonyl (C=O) groups excluding carboxylic acids is 1. The number of amides is 1. The van der Waals surface area contributed by atoms with Crippen LogP contribution in [0.3, 0.4) is 0 Å². The fourth-order valence-electron chi connectivity index (χ4n) is 2.52. The number of benzene rings is 1. The average molecular weight is 351 g/mol. The van der Waals surface area contributed by atoms with Crippen molar-refractivity contribution >= 4 is 17.2 Å². The molecule has 2 aromatic heterocycles. The Bertz CT molecular complexity index is 849. The first kappa shape index (κ1) is 17.3. The van der Waals surface area contributed by atoms with E-state index in [4.69, 9.17) is 0 Å². The van der Waals surface area contributed by atoms with Crippen molar-refractivity contribution in [1.29, 1.82) is 0 Å². The number of nitrogens with one attached hydrogen (secondary N) is 1. The van der Waals surface area contributed by atoms with E-state index in [0.717, 1.165) is 17.0 Å². The van der Waals surface area contributed by atoms with E-state index in [-0.39, 0.29) is 11.3 Å². The van der Waals surface area contributed by atoms with Crippen molar-refractivity contribution in [2.75, 3.05) is 0 Å². The highest BCUT2D eigenvalue weighted by Gasteiger charge is 2.15. The number of hydrogen-bond acceptors (Lipinski definition) is 4. The minimum atomic E-state index is -0.109. The number of carbonyl (C=O) groups is 1. The molecule has 0 bridgehead atoms. The molecule has 3 rings (SSSR count). The Labute approximate surface area is 152 Å². The predicted octanol–water partition coefficient (Wildman–Crippen LogP) is 4.43. The lowest BCUT2D eigenvalue weighted by atomic mass is 9.87. The van der Waals surface area contributed by atoms with Gasteiger partial charge in [-0.25, -0.2) is 0 Å². The molecular formula is C20H21N3OS. The van der Waals surface area contributed by atoms with Gasteiger partial charge in [0.2, 0.25) is 0 Å². The van der Waals surface area contributed by atoms with Gasteiger partial charge in [0, 0.05) is 28.9 Å². The summed E-state index contributed by atoms with van der Waals surface area (Å²) in [5.41, 5.74) is 4.53. The van der Waals surface area contributed by atoms with Gasteiger partial charge in [-0.2, -0.15) is 11.3 Å². The third-order valence-corrected chi connectivity index (χ3v) is 4.68. The van der Waals surface area contributed by atoms with Crippen LogP contribution in [0.2, 0.25) is 0 Å². The SMILES string of the molecule is CC(C)(C)c1ccc(C(=O)NCc2nccnc2-c2ccsc2)cc1. The smallest absolute Gasteiger partial charge is 0.251 e. The molecule has 3 aromatic rings. The fourth-order valence-corrected chi connectivity index (χ4v) is 3.16. The van der Waals surface area contributed by atoms with Gasteiger partial charge >= 0.3 is 0 Å². The molecule has 0 aliphatic rings. The van der Waals surface area contributed by atoms with Gasteiger partial charge in [-0.1, -0.05) is 32.9 Å². The molecule has 0 radical (unpaired) electrons. The Hall–Kier alpha value is -2.53. The van der Waals surface area contributed by atoms with E-state index in [1.165, 1.54) is 5.56 Å². The Balaban J connectivity index is 1.71. The molecule has 25 heavy (non-hydrogen) atoms. The molecule has 0 spiro atoms. The summed E-state index contributed by atoms with van der Waals surface area (Å²) in [6, 6.07) is 9.76. The maximum absolute atomic E-state index is 12.4. The molecule has 0 saturated heterocycles. The lowest BCUT2D eigenvalue weighted by Crippen LogP contribution is -2.24. The lowest BCUT2D eigenvalue weighted by Gasteiger charge is -2.19. The van der Waals surface area contributed by atoms with Crippen LogP contribution in [0.1, 0.15) is 42.4 Å². The van der Waals surface area contributed by atoms with Crippen LogP contribution in [0.5, 0.6) is 0 Å². The van der Waals surface area contributed by atoms with Crippen LogP contribution in [0.25, 0.3) is 11.3 Å².